The molecule has 0 spiro atoms. The second kappa shape index (κ2) is 6.05. The lowest BCUT2D eigenvalue weighted by Gasteiger charge is -2.27. The van der Waals surface area contributed by atoms with Crippen LogP contribution in [0.1, 0.15) is 43.3 Å². The molecule has 0 radical (unpaired) electrons. The maximum absolute atomic E-state index is 12.6. The van der Waals surface area contributed by atoms with Crippen molar-refractivity contribution in [2.45, 2.75) is 45.3 Å². The van der Waals surface area contributed by atoms with Crippen molar-refractivity contribution in [2.75, 3.05) is 13.7 Å². The number of methoxy groups -OCH3 is 1. The highest BCUT2D eigenvalue weighted by Crippen LogP contribution is 2.30. The number of esters is 1. The number of carbonyl (C=O) groups excluding carboxylic acids is 2. The predicted octanol–water partition coefficient (Wildman–Crippen LogP) is 2.70. The third-order valence-electron chi connectivity index (χ3n) is 3.24. The number of thiophene rings is 1. The van der Waals surface area contributed by atoms with Gasteiger partial charge in [0, 0.05) is 6.54 Å². The van der Waals surface area contributed by atoms with Gasteiger partial charge in [-0.2, -0.15) is 0 Å². The number of nitrogens with zero attached hydrogens (tertiary/aromatic N) is 1. The zero-order valence-corrected chi connectivity index (χ0v) is 13.7. The van der Waals surface area contributed by atoms with E-state index in [0.29, 0.717) is 23.6 Å². The molecule has 0 bridgehead atoms. The SMILES string of the molecule is COc1ccsc1C(=O)N1CCC[C@@H]1C(=O)OC(C)(C)C. The first kappa shape index (κ1) is 15.8. The van der Waals surface area contributed by atoms with Crippen molar-refractivity contribution in [2.24, 2.45) is 0 Å². The fourth-order valence-corrected chi connectivity index (χ4v) is 3.18. The molecule has 0 aromatic carbocycles. The molecule has 1 aliphatic heterocycles. The summed E-state index contributed by atoms with van der Waals surface area (Å²) in [4.78, 5) is 27.0. The second-order valence-electron chi connectivity index (χ2n) is 6.01. The van der Waals surface area contributed by atoms with Crippen molar-refractivity contribution in [3.63, 3.8) is 0 Å². The summed E-state index contributed by atoms with van der Waals surface area (Å²) in [6, 6.07) is 1.26. The summed E-state index contributed by atoms with van der Waals surface area (Å²) in [7, 11) is 1.54. The fourth-order valence-electron chi connectivity index (χ4n) is 2.37. The lowest BCUT2D eigenvalue weighted by Crippen LogP contribution is -2.43. The molecule has 1 atom stereocenters. The molecule has 1 amide bonds. The van der Waals surface area contributed by atoms with Crippen molar-refractivity contribution in [3.05, 3.63) is 16.3 Å². The Labute approximate surface area is 128 Å². The van der Waals surface area contributed by atoms with Gasteiger partial charge in [-0.3, -0.25) is 4.79 Å². The number of likely N-dealkylation sites (tertiary alicyclic amines) is 1. The van der Waals surface area contributed by atoms with Crippen LogP contribution < -0.4 is 4.74 Å². The predicted molar refractivity (Wildman–Crippen MR) is 80.8 cm³/mol. The van der Waals surface area contributed by atoms with Gasteiger partial charge in [-0.25, -0.2) is 4.79 Å². The number of carbonyl (C=O) groups is 2. The average molecular weight is 311 g/mol. The second-order valence-corrected chi connectivity index (χ2v) is 6.92. The Morgan fingerprint density at radius 2 is 2.10 bits per heavy atom. The number of hydrogen-bond donors (Lipinski definition) is 0. The van der Waals surface area contributed by atoms with Crippen LogP contribution in [0.5, 0.6) is 5.75 Å². The van der Waals surface area contributed by atoms with Gasteiger partial charge in [0.25, 0.3) is 5.91 Å². The van der Waals surface area contributed by atoms with Crippen LogP contribution in [0.3, 0.4) is 0 Å². The standard InChI is InChI=1S/C15H21NO4S/c1-15(2,3)20-14(18)10-6-5-8-16(10)13(17)12-11(19-4)7-9-21-12/h7,9-10H,5-6,8H2,1-4H3/t10-/m1/s1. The van der Waals surface area contributed by atoms with Gasteiger partial charge in [0.05, 0.1) is 7.11 Å². The minimum absolute atomic E-state index is 0.157. The van der Waals surface area contributed by atoms with E-state index in [1.54, 1.807) is 11.0 Å². The highest BCUT2D eigenvalue weighted by Gasteiger charge is 2.38. The minimum Gasteiger partial charge on any atom is -0.495 e. The quantitative estimate of drug-likeness (QED) is 0.805. The van der Waals surface area contributed by atoms with Crippen molar-refractivity contribution in [3.8, 4) is 5.75 Å². The molecule has 1 saturated heterocycles. The van der Waals surface area contributed by atoms with Gasteiger partial charge < -0.3 is 14.4 Å². The van der Waals surface area contributed by atoms with Crippen LogP contribution >= 0.6 is 11.3 Å². The molecule has 21 heavy (non-hydrogen) atoms. The number of amides is 1. The Morgan fingerprint density at radius 3 is 2.71 bits per heavy atom. The van der Waals surface area contributed by atoms with Gasteiger partial charge in [-0.05, 0) is 45.1 Å². The third kappa shape index (κ3) is 3.56. The van der Waals surface area contributed by atoms with Crippen molar-refractivity contribution >= 4 is 23.2 Å². The van der Waals surface area contributed by atoms with Gasteiger partial charge >= 0.3 is 5.97 Å². The van der Waals surface area contributed by atoms with E-state index >= 15 is 0 Å². The van der Waals surface area contributed by atoms with Crippen LogP contribution in [0, 0.1) is 0 Å². The highest BCUT2D eigenvalue weighted by atomic mass is 32.1. The van der Waals surface area contributed by atoms with E-state index in [-0.39, 0.29) is 11.9 Å². The third-order valence-corrected chi connectivity index (χ3v) is 4.12. The Morgan fingerprint density at radius 1 is 1.38 bits per heavy atom. The molecule has 0 unspecified atom stereocenters. The van der Waals surface area contributed by atoms with E-state index in [9.17, 15) is 9.59 Å². The van der Waals surface area contributed by atoms with Gasteiger partial charge in [0.1, 0.15) is 22.3 Å². The molecule has 0 N–H and O–H groups in total. The summed E-state index contributed by atoms with van der Waals surface area (Å²) in [5, 5.41) is 1.81. The van der Waals surface area contributed by atoms with Crippen LogP contribution in [0.2, 0.25) is 0 Å². The van der Waals surface area contributed by atoms with Crippen LogP contribution in [-0.2, 0) is 9.53 Å². The topological polar surface area (TPSA) is 55.8 Å². The lowest BCUT2D eigenvalue weighted by molar-refractivity contribution is -0.159. The van der Waals surface area contributed by atoms with Crippen LogP contribution in [0.25, 0.3) is 0 Å². The smallest absolute Gasteiger partial charge is 0.329 e. The van der Waals surface area contributed by atoms with E-state index in [2.05, 4.69) is 0 Å². The first-order valence-corrected chi connectivity index (χ1v) is 7.87. The van der Waals surface area contributed by atoms with E-state index in [4.69, 9.17) is 9.47 Å². The molecular weight excluding hydrogens is 290 g/mol. The van der Waals surface area contributed by atoms with Gasteiger partial charge in [0.2, 0.25) is 0 Å². The first-order valence-electron chi connectivity index (χ1n) is 6.99. The molecular formula is C15H21NO4S. The Hall–Kier alpha value is -1.56. The average Bonchev–Trinajstić information content (AvgIpc) is 3.04. The highest BCUT2D eigenvalue weighted by molar-refractivity contribution is 7.12. The van der Waals surface area contributed by atoms with E-state index in [1.807, 2.05) is 26.2 Å². The summed E-state index contributed by atoms with van der Waals surface area (Å²) in [6.45, 7) is 6.06. The molecule has 2 rings (SSSR count). The van der Waals surface area contributed by atoms with Crippen molar-refractivity contribution in [1.29, 1.82) is 0 Å². The van der Waals surface area contributed by atoms with E-state index in [1.165, 1.54) is 18.4 Å². The van der Waals surface area contributed by atoms with Crippen LogP contribution in [0.15, 0.2) is 11.4 Å². The van der Waals surface area contributed by atoms with Crippen molar-refractivity contribution < 1.29 is 19.1 Å². The normalized spacial score (nSPS) is 18.7. The lowest BCUT2D eigenvalue weighted by atomic mass is 10.1. The number of ether oxygens (including phenoxy) is 2. The van der Waals surface area contributed by atoms with E-state index in [0.717, 1.165) is 6.42 Å². The molecule has 1 aliphatic rings. The monoisotopic (exact) mass is 311 g/mol. The van der Waals surface area contributed by atoms with Crippen molar-refractivity contribution in [1.82, 2.24) is 4.90 Å². The summed E-state index contributed by atoms with van der Waals surface area (Å²) in [5.41, 5.74) is -0.547. The maximum atomic E-state index is 12.6. The summed E-state index contributed by atoms with van der Waals surface area (Å²) >= 11 is 1.33. The summed E-state index contributed by atoms with van der Waals surface area (Å²) in [5.74, 6) is 0.0684. The molecule has 0 saturated carbocycles. The molecule has 2 heterocycles. The largest absolute Gasteiger partial charge is 0.495 e. The fraction of sp³-hybridized carbons (Fsp3) is 0.600. The molecule has 116 valence electrons. The van der Waals surface area contributed by atoms with Gasteiger partial charge in [0.15, 0.2) is 0 Å². The molecule has 1 aromatic rings. The van der Waals surface area contributed by atoms with E-state index < -0.39 is 11.6 Å². The minimum atomic E-state index is -0.547. The number of hydrogen-bond acceptors (Lipinski definition) is 5. The first-order chi connectivity index (χ1) is 9.83. The zero-order valence-electron chi connectivity index (χ0n) is 12.8. The Bertz CT molecular complexity index is 532. The molecule has 6 heteroatoms. The number of rotatable bonds is 3. The molecule has 5 nitrogen and oxygen atoms in total. The van der Waals surface area contributed by atoms with Crippen LogP contribution in [0.4, 0.5) is 0 Å². The summed E-state index contributed by atoms with van der Waals surface area (Å²) < 4.78 is 10.6. The maximum Gasteiger partial charge on any atom is 0.329 e. The Kier molecular flexibility index (Phi) is 4.56. The molecule has 1 fully saturated rings. The molecule has 1 aromatic heterocycles. The van der Waals surface area contributed by atoms with Gasteiger partial charge in [-0.1, -0.05) is 0 Å². The molecule has 0 aliphatic carbocycles. The van der Waals surface area contributed by atoms with Crippen LogP contribution in [-0.4, -0.2) is 42.1 Å². The zero-order chi connectivity index (χ0) is 15.6. The van der Waals surface area contributed by atoms with Gasteiger partial charge in [-0.15, -0.1) is 11.3 Å². The summed E-state index contributed by atoms with van der Waals surface area (Å²) in [6.07, 6.45) is 1.46. The Balaban J connectivity index is 2.15.